The second-order valence-corrected chi connectivity index (χ2v) is 4.05. The SMILES string of the molecule is CC(CC#N)N(C)C(=O)c1ccc(F)c([N+](=O)[O-])c1. The monoisotopic (exact) mass is 265 g/mol. The molecule has 0 aliphatic carbocycles. The maximum atomic E-state index is 13.2. The topological polar surface area (TPSA) is 87.2 Å². The third-order valence-electron chi connectivity index (χ3n) is 2.76. The zero-order valence-electron chi connectivity index (χ0n) is 10.5. The standard InChI is InChI=1S/C12H12FN3O3/c1-8(5-6-14)15(2)12(17)9-3-4-10(13)11(7-9)16(18)19/h3-4,7-8H,5H2,1-2H3. The summed E-state index contributed by atoms with van der Waals surface area (Å²) in [5.74, 6) is -1.49. The molecule has 0 bridgehead atoms. The molecule has 0 aliphatic rings. The smallest absolute Gasteiger partial charge is 0.305 e. The number of rotatable bonds is 4. The van der Waals surface area contributed by atoms with Crippen LogP contribution in [0.3, 0.4) is 0 Å². The molecule has 0 saturated heterocycles. The van der Waals surface area contributed by atoms with Crippen LogP contribution in [0.2, 0.25) is 0 Å². The molecule has 1 aromatic carbocycles. The Morgan fingerprint density at radius 3 is 2.79 bits per heavy atom. The number of carbonyl (C=O) groups excluding carboxylic acids is 1. The Labute approximate surface area is 109 Å². The minimum atomic E-state index is -0.991. The summed E-state index contributed by atoms with van der Waals surface area (Å²) in [6.07, 6.45) is 0.144. The predicted molar refractivity (Wildman–Crippen MR) is 64.8 cm³/mol. The summed E-state index contributed by atoms with van der Waals surface area (Å²) >= 11 is 0. The number of carbonyl (C=O) groups is 1. The van der Waals surface area contributed by atoms with Crippen molar-refractivity contribution >= 4 is 11.6 Å². The fraction of sp³-hybridized carbons (Fsp3) is 0.333. The van der Waals surface area contributed by atoms with Crippen LogP contribution in [0, 0.1) is 27.3 Å². The lowest BCUT2D eigenvalue weighted by Crippen LogP contribution is -2.34. The first-order chi connectivity index (χ1) is 8.88. The van der Waals surface area contributed by atoms with Crippen molar-refractivity contribution in [3.05, 3.63) is 39.7 Å². The molecular weight excluding hydrogens is 253 g/mol. The predicted octanol–water partition coefficient (Wildman–Crippen LogP) is 2.11. The third kappa shape index (κ3) is 3.25. The van der Waals surface area contributed by atoms with Crippen LogP contribution in [0.15, 0.2) is 18.2 Å². The number of hydrogen-bond acceptors (Lipinski definition) is 4. The van der Waals surface area contributed by atoms with Crippen LogP contribution in [0.25, 0.3) is 0 Å². The molecule has 1 atom stereocenters. The molecule has 0 heterocycles. The van der Waals surface area contributed by atoms with Crippen LogP contribution in [0.1, 0.15) is 23.7 Å². The van der Waals surface area contributed by atoms with E-state index >= 15 is 0 Å². The zero-order chi connectivity index (χ0) is 14.6. The average molecular weight is 265 g/mol. The van der Waals surface area contributed by atoms with Crippen molar-refractivity contribution in [1.29, 1.82) is 5.26 Å². The quantitative estimate of drug-likeness (QED) is 0.616. The summed E-state index contributed by atoms with van der Waals surface area (Å²) in [6.45, 7) is 1.68. The van der Waals surface area contributed by atoms with Gasteiger partial charge in [0.05, 0.1) is 17.4 Å². The summed E-state index contributed by atoms with van der Waals surface area (Å²) in [4.78, 5) is 23.0. The first-order valence-electron chi connectivity index (χ1n) is 5.46. The van der Waals surface area contributed by atoms with Crippen molar-refractivity contribution in [3.63, 3.8) is 0 Å². The maximum absolute atomic E-state index is 13.2. The molecule has 1 rings (SSSR count). The molecule has 0 fully saturated rings. The van der Waals surface area contributed by atoms with Crippen LogP contribution in [0.5, 0.6) is 0 Å². The Kier molecular flexibility index (Phi) is 4.53. The molecule has 0 N–H and O–H groups in total. The van der Waals surface area contributed by atoms with Gasteiger partial charge in [0.25, 0.3) is 5.91 Å². The molecule has 6 nitrogen and oxygen atoms in total. The largest absolute Gasteiger partial charge is 0.338 e. The fourth-order valence-corrected chi connectivity index (χ4v) is 1.46. The molecule has 100 valence electrons. The Morgan fingerprint density at radius 1 is 1.63 bits per heavy atom. The number of hydrogen-bond donors (Lipinski definition) is 0. The van der Waals surface area contributed by atoms with Gasteiger partial charge in [-0.15, -0.1) is 0 Å². The van der Waals surface area contributed by atoms with Gasteiger partial charge in [0.1, 0.15) is 0 Å². The number of amides is 1. The van der Waals surface area contributed by atoms with Crippen molar-refractivity contribution in [2.24, 2.45) is 0 Å². The van der Waals surface area contributed by atoms with Gasteiger partial charge in [-0.1, -0.05) is 0 Å². The number of halogens is 1. The number of nitriles is 1. The number of benzene rings is 1. The first-order valence-corrected chi connectivity index (χ1v) is 5.46. The molecule has 7 heteroatoms. The average Bonchev–Trinajstić information content (AvgIpc) is 2.37. The van der Waals surface area contributed by atoms with Gasteiger partial charge in [0.15, 0.2) is 0 Å². The molecular formula is C12H12FN3O3. The molecule has 1 unspecified atom stereocenters. The zero-order valence-corrected chi connectivity index (χ0v) is 10.5. The highest BCUT2D eigenvalue weighted by Gasteiger charge is 2.21. The van der Waals surface area contributed by atoms with Crippen molar-refractivity contribution in [1.82, 2.24) is 4.90 Å². The van der Waals surface area contributed by atoms with E-state index in [9.17, 15) is 19.3 Å². The van der Waals surface area contributed by atoms with E-state index in [1.54, 1.807) is 6.92 Å². The number of nitro benzene ring substituents is 1. The highest BCUT2D eigenvalue weighted by atomic mass is 19.1. The summed E-state index contributed by atoms with van der Waals surface area (Å²) < 4.78 is 13.2. The van der Waals surface area contributed by atoms with E-state index in [0.717, 1.165) is 12.1 Å². The minimum Gasteiger partial charge on any atom is -0.338 e. The Bertz CT molecular complexity index is 554. The summed E-state index contributed by atoms with van der Waals surface area (Å²) in [5, 5.41) is 19.2. The van der Waals surface area contributed by atoms with E-state index in [0.29, 0.717) is 0 Å². The van der Waals surface area contributed by atoms with Crippen LogP contribution in [-0.2, 0) is 0 Å². The van der Waals surface area contributed by atoms with E-state index in [4.69, 9.17) is 5.26 Å². The summed E-state index contributed by atoms with van der Waals surface area (Å²) in [5.41, 5.74) is -0.729. The lowest BCUT2D eigenvalue weighted by Gasteiger charge is -2.22. The molecule has 19 heavy (non-hydrogen) atoms. The van der Waals surface area contributed by atoms with E-state index < -0.39 is 22.3 Å². The van der Waals surface area contributed by atoms with E-state index in [1.807, 2.05) is 6.07 Å². The maximum Gasteiger partial charge on any atom is 0.305 e. The van der Waals surface area contributed by atoms with Gasteiger partial charge >= 0.3 is 5.69 Å². The van der Waals surface area contributed by atoms with Crippen LogP contribution in [-0.4, -0.2) is 28.8 Å². The van der Waals surface area contributed by atoms with Crippen molar-refractivity contribution in [2.75, 3.05) is 7.05 Å². The minimum absolute atomic E-state index is 0.0142. The van der Waals surface area contributed by atoms with E-state index in [2.05, 4.69) is 0 Å². The molecule has 1 amide bonds. The number of nitrogens with zero attached hydrogens (tertiary/aromatic N) is 3. The molecule has 1 aromatic rings. The van der Waals surface area contributed by atoms with Gasteiger partial charge in [-0.2, -0.15) is 9.65 Å². The Balaban J connectivity index is 3.04. The van der Waals surface area contributed by atoms with Crippen LogP contribution < -0.4 is 0 Å². The molecule has 0 aromatic heterocycles. The highest BCUT2D eigenvalue weighted by Crippen LogP contribution is 2.20. The highest BCUT2D eigenvalue weighted by molar-refractivity contribution is 5.94. The number of nitro groups is 1. The third-order valence-corrected chi connectivity index (χ3v) is 2.76. The molecule has 0 radical (unpaired) electrons. The van der Waals surface area contributed by atoms with Gasteiger partial charge in [-0.25, -0.2) is 0 Å². The molecule has 0 spiro atoms. The lowest BCUT2D eigenvalue weighted by atomic mass is 10.1. The van der Waals surface area contributed by atoms with Crippen LogP contribution >= 0.6 is 0 Å². The lowest BCUT2D eigenvalue weighted by molar-refractivity contribution is -0.387. The van der Waals surface area contributed by atoms with E-state index in [1.165, 1.54) is 18.0 Å². The Hall–Kier alpha value is -2.49. The fourth-order valence-electron chi connectivity index (χ4n) is 1.46. The second kappa shape index (κ2) is 5.91. The van der Waals surface area contributed by atoms with Gasteiger partial charge in [0.2, 0.25) is 5.82 Å². The van der Waals surface area contributed by atoms with Gasteiger partial charge in [-0.05, 0) is 19.1 Å². The van der Waals surface area contributed by atoms with Crippen molar-refractivity contribution in [2.45, 2.75) is 19.4 Å². The molecule has 0 saturated carbocycles. The van der Waals surface area contributed by atoms with E-state index in [-0.39, 0.29) is 18.0 Å². The Morgan fingerprint density at radius 2 is 2.26 bits per heavy atom. The summed E-state index contributed by atoms with van der Waals surface area (Å²) in [7, 11) is 1.49. The first kappa shape index (κ1) is 14.6. The van der Waals surface area contributed by atoms with Crippen molar-refractivity contribution in [3.8, 4) is 6.07 Å². The van der Waals surface area contributed by atoms with Gasteiger partial charge < -0.3 is 4.90 Å². The normalized spacial score (nSPS) is 11.5. The molecule has 0 aliphatic heterocycles. The second-order valence-electron chi connectivity index (χ2n) is 4.05. The van der Waals surface area contributed by atoms with Gasteiger partial charge in [0, 0.05) is 24.7 Å². The summed E-state index contributed by atoms with van der Waals surface area (Å²) in [6, 6.07) is 4.56. The van der Waals surface area contributed by atoms with Crippen molar-refractivity contribution < 1.29 is 14.1 Å². The van der Waals surface area contributed by atoms with Crippen LogP contribution in [0.4, 0.5) is 10.1 Å². The van der Waals surface area contributed by atoms with Gasteiger partial charge in [-0.3, -0.25) is 14.9 Å².